The molecule has 2 aromatic rings. The highest BCUT2D eigenvalue weighted by molar-refractivity contribution is 8.00. The lowest BCUT2D eigenvalue weighted by molar-refractivity contribution is -0.115. The highest BCUT2D eigenvalue weighted by atomic mass is 32.2. The van der Waals surface area contributed by atoms with Gasteiger partial charge in [-0.2, -0.15) is 0 Å². The van der Waals surface area contributed by atoms with Gasteiger partial charge < -0.3 is 5.73 Å². The summed E-state index contributed by atoms with van der Waals surface area (Å²) in [6.07, 6.45) is 0. The molecule has 0 aliphatic carbocycles. The number of benzene rings is 2. The number of thioether (sulfide) groups is 1. The van der Waals surface area contributed by atoms with Crippen LogP contribution in [0.15, 0.2) is 42.5 Å². The predicted molar refractivity (Wildman–Crippen MR) is 84.7 cm³/mol. The summed E-state index contributed by atoms with van der Waals surface area (Å²) in [5.41, 5.74) is 8.57. The van der Waals surface area contributed by atoms with E-state index in [1.807, 2.05) is 19.1 Å². The Labute approximate surface area is 126 Å². The van der Waals surface area contributed by atoms with E-state index in [9.17, 15) is 9.18 Å². The van der Waals surface area contributed by atoms with E-state index >= 15 is 0 Å². The zero-order chi connectivity index (χ0) is 15.0. The molecule has 0 unspecified atom stereocenters. The Kier molecular flexibility index (Phi) is 3.59. The third kappa shape index (κ3) is 2.61. The van der Waals surface area contributed by atoms with Crippen LogP contribution in [0.1, 0.15) is 16.5 Å². The monoisotopic (exact) mass is 302 g/mol. The van der Waals surface area contributed by atoms with Gasteiger partial charge in [0, 0.05) is 5.69 Å². The van der Waals surface area contributed by atoms with Crippen molar-refractivity contribution in [1.82, 2.24) is 0 Å². The van der Waals surface area contributed by atoms with Gasteiger partial charge in [-0.3, -0.25) is 9.69 Å². The number of hydrogen-bond acceptors (Lipinski definition) is 3. The average molecular weight is 302 g/mol. The van der Waals surface area contributed by atoms with Crippen molar-refractivity contribution in [3.8, 4) is 0 Å². The molecule has 0 aromatic heterocycles. The second-order valence-electron chi connectivity index (χ2n) is 5.05. The number of amides is 1. The maximum absolute atomic E-state index is 14.1. The molecule has 0 radical (unpaired) electrons. The maximum Gasteiger partial charge on any atom is 0.238 e. The lowest BCUT2D eigenvalue weighted by Gasteiger charge is -2.25. The zero-order valence-corrected chi connectivity index (χ0v) is 12.4. The quantitative estimate of drug-likeness (QED) is 0.864. The first-order valence-electron chi connectivity index (χ1n) is 6.61. The first kappa shape index (κ1) is 13.9. The van der Waals surface area contributed by atoms with Crippen molar-refractivity contribution >= 4 is 29.0 Å². The molecule has 2 aromatic carbocycles. The van der Waals surface area contributed by atoms with Crippen LogP contribution in [0, 0.1) is 12.7 Å². The fourth-order valence-electron chi connectivity index (χ4n) is 2.40. The molecule has 1 fully saturated rings. The van der Waals surface area contributed by atoms with Gasteiger partial charge in [-0.15, -0.1) is 11.8 Å². The molecule has 5 heteroatoms. The fraction of sp³-hybridized carbons (Fsp3) is 0.188. The molecule has 3 nitrogen and oxygen atoms in total. The Morgan fingerprint density at radius 1 is 1.24 bits per heavy atom. The van der Waals surface area contributed by atoms with E-state index in [4.69, 9.17) is 5.73 Å². The van der Waals surface area contributed by atoms with Gasteiger partial charge in [0.15, 0.2) is 0 Å². The van der Waals surface area contributed by atoms with Gasteiger partial charge in [0.25, 0.3) is 0 Å². The second kappa shape index (κ2) is 5.41. The smallest absolute Gasteiger partial charge is 0.238 e. The summed E-state index contributed by atoms with van der Waals surface area (Å²) in [4.78, 5) is 13.7. The molecule has 0 bridgehead atoms. The van der Waals surface area contributed by atoms with E-state index in [0.29, 0.717) is 17.1 Å². The summed E-state index contributed by atoms with van der Waals surface area (Å²) in [7, 11) is 0. The largest absolute Gasteiger partial charge is 0.399 e. The van der Waals surface area contributed by atoms with Crippen molar-refractivity contribution < 1.29 is 9.18 Å². The third-order valence-corrected chi connectivity index (χ3v) is 4.66. The molecule has 21 heavy (non-hydrogen) atoms. The minimum Gasteiger partial charge on any atom is -0.399 e. The Balaban J connectivity index is 2.03. The molecule has 1 aliphatic heterocycles. The van der Waals surface area contributed by atoms with Gasteiger partial charge in [-0.05, 0) is 42.3 Å². The van der Waals surface area contributed by atoms with Crippen LogP contribution < -0.4 is 10.6 Å². The normalized spacial score (nSPS) is 18.3. The Morgan fingerprint density at radius 2 is 1.95 bits per heavy atom. The number of rotatable bonds is 2. The molecule has 108 valence electrons. The van der Waals surface area contributed by atoms with E-state index in [-0.39, 0.29) is 17.1 Å². The molecular weight excluding hydrogens is 287 g/mol. The summed E-state index contributed by atoms with van der Waals surface area (Å²) in [6, 6.07) is 12.2. The highest BCUT2D eigenvalue weighted by Gasteiger charge is 2.35. The average Bonchev–Trinajstić information content (AvgIpc) is 2.84. The number of nitrogens with zero attached hydrogens (tertiary/aromatic N) is 1. The van der Waals surface area contributed by atoms with Crippen LogP contribution in [0.4, 0.5) is 15.8 Å². The van der Waals surface area contributed by atoms with Crippen LogP contribution in [0.3, 0.4) is 0 Å². The van der Waals surface area contributed by atoms with Crippen molar-refractivity contribution in [3.05, 3.63) is 59.4 Å². The highest BCUT2D eigenvalue weighted by Crippen LogP contribution is 2.42. The van der Waals surface area contributed by atoms with Crippen LogP contribution in [0.5, 0.6) is 0 Å². The molecular formula is C16H15FN2OS. The maximum atomic E-state index is 14.1. The summed E-state index contributed by atoms with van der Waals surface area (Å²) >= 11 is 1.50. The zero-order valence-electron chi connectivity index (χ0n) is 11.5. The molecule has 1 heterocycles. The van der Waals surface area contributed by atoms with Crippen LogP contribution >= 0.6 is 11.8 Å². The Hall–Kier alpha value is -2.01. The molecule has 1 amide bonds. The van der Waals surface area contributed by atoms with E-state index in [0.717, 1.165) is 11.1 Å². The minimum absolute atomic E-state index is 0.0775. The van der Waals surface area contributed by atoms with Gasteiger partial charge in [0.2, 0.25) is 5.91 Å². The molecule has 1 atom stereocenters. The molecule has 3 rings (SSSR count). The number of anilines is 2. The standard InChI is InChI=1S/C16H15FN2OS/c1-10-2-7-13(17)14(8-10)19-15(20)9-21-16(19)11-3-5-12(18)6-4-11/h2-8,16H,9,18H2,1H3/t16-/m1/s1. The Morgan fingerprint density at radius 3 is 2.67 bits per heavy atom. The van der Waals surface area contributed by atoms with Crippen molar-refractivity contribution in [2.75, 3.05) is 16.4 Å². The summed E-state index contributed by atoms with van der Waals surface area (Å²) < 4.78 is 14.1. The molecule has 1 saturated heterocycles. The first-order chi connectivity index (χ1) is 10.1. The SMILES string of the molecule is Cc1ccc(F)c(N2C(=O)CS[C@@H]2c2ccc(N)cc2)c1. The van der Waals surface area contributed by atoms with Gasteiger partial charge in [0.05, 0.1) is 11.4 Å². The molecule has 0 spiro atoms. The first-order valence-corrected chi connectivity index (χ1v) is 7.66. The van der Waals surface area contributed by atoms with Crippen molar-refractivity contribution in [1.29, 1.82) is 0 Å². The number of halogens is 1. The summed E-state index contributed by atoms with van der Waals surface area (Å²) in [5.74, 6) is -0.106. The van der Waals surface area contributed by atoms with Crippen LogP contribution in [0.25, 0.3) is 0 Å². The van der Waals surface area contributed by atoms with E-state index in [1.54, 1.807) is 29.2 Å². The van der Waals surface area contributed by atoms with Crippen LogP contribution in [-0.4, -0.2) is 11.7 Å². The number of nitrogen functional groups attached to an aromatic ring is 1. The van der Waals surface area contributed by atoms with E-state index in [2.05, 4.69) is 0 Å². The van der Waals surface area contributed by atoms with Gasteiger partial charge in [-0.25, -0.2) is 4.39 Å². The van der Waals surface area contributed by atoms with Gasteiger partial charge in [0.1, 0.15) is 11.2 Å². The summed E-state index contributed by atoms with van der Waals surface area (Å²) in [5, 5.41) is -0.214. The molecule has 0 saturated carbocycles. The Bertz CT molecular complexity index is 687. The minimum atomic E-state index is -0.378. The lowest BCUT2D eigenvalue weighted by atomic mass is 10.1. The van der Waals surface area contributed by atoms with Crippen molar-refractivity contribution in [3.63, 3.8) is 0 Å². The number of aryl methyl sites for hydroxylation is 1. The second-order valence-corrected chi connectivity index (χ2v) is 6.12. The molecule has 2 N–H and O–H groups in total. The topological polar surface area (TPSA) is 46.3 Å². The number of carbonyl (C=O) groups excluding carboxylic acids is 1. The van der Waals surface area contributed by atoms with Crippen LogP contribution in [-0.2, 0) is 4.79 Å². The molecule has 1 aliphatic rings. The van der Waals surface area contributed by atoms with Gasteiger partial charge >= 0.3 is 0 Å². The number of carbonyl (C=O) groups is 1. The van der Waals surface area contributed by atoms with Crippen molar-refractivity contribution in [2.45, 2.75) is 12.3 Å². The van der Waals surface area contributed by atoms with Crippen LogP contribution in [0.2, 0.25) is 0 Å². The number of nitrogens with two attached hydrogens (primary N) is 1. The number of hydrogen-bond donors (Lipinski definition) is 1. The van der Waals surface area contributed by atoms with Crippen molar-refractivity contribution in [2.24, 2.45) is 0 Å². The van der Waals surface area contributed by atoms with E-state index in [1.165, 1.54) is 17.8 Å². The predicted octanol–water partition coefficient (Wildman–Crippen LogP) is 3.49. The third-order valence-electron chi connectivity index (χ3n) is 3.45. The summed E-state index contributed by atoms with van der Waals surface area (Å²) in [6.45, 7) is 1.88. The lowest BCUT2D eigenvalue weighted by Crippen LogP contribution is -2.28. The van der Waals surface area contributed by atoms with E-state index < -0.39 is 0 Å². The fourth-order valence-corrected chi connectivity index (χ4v) is 3.57. The van der Waals surface area contributed by atoms with Gasteiger partial charge in [-0.1, -0.05) is 18.2 Å².